The number of rotatable bonds is 3. The van der Waals surface area contributed by atoms with Gasteiger partial charge in [0.05, 0.1) is 11.7 Å². The number of fused-ring (bicyclic) bond motifs is 1. The normalized spacial score (nSPS) is 19.0. The van der Waals surface area contributed by atoms with Crippen molar-refractivity contribution in [3.8, 4) is 12.3 Å². The van der Waals surface area contributed by atoms with Gasteiger partial charge in [0.25, 0.3) is 0 Å². The van der Waals surface area contributed by atoms with Crippen molar-refractivity contribution in [1.29, 1.82) is 0 Å². The van der Waals surface area contributed by atoms with Crippen LogP contribution in [0.3, 0.4) is 0 Å². The Bertz CT molecular complexity index is 653. The van der Waals surface area contributed by atoms with Gasteiger partial charge in [-0.25, -0.2) is 0 Å². The average molecular weight is 253 g/mol. The van der Waals surface area contributed by atoms with Gasteiger partial charge in [-0.05, 0) is 18.1 Å². The third kappa shape index (κ3) is 2.19. The van der Waals surface area contributed by atoms with E-state index < -0.39 is 0 Å². The Morgan fingerprint density at radius 3 is 3.21 bits per heavy atom. The molecule has 1 atom stereocenters. The van der Waals surface area contributed by atoms with E-state index in [1.54, 1.807) is 0 Å². The molecule has 0 bridgehead atoms. The monoisotopic (exact) mass is 253 g/mol. The minimum absolute atomic E-state index is 0.0808. The van der Waals surface area contributed by atoms with Gasteiger partial charge < -0.3 is 4.90 Å². The molecule has 1 aliphatic heterocycles. The van der Waals surface area contributed by atoms with Gasteiger partial charge in [0.15, 0.2) is 0 Å². The molecule has 3 rings (SSSR count). The van der Waals surface area contributed by atoms with E-state index >= 15 is 0 Å². The molecule has 1 aliphatic rings. The highest BCUT2D eigenvalue weighted by Gasteiger charge is 2.27. The molecule has 1 saturated heterocycles. The van der Waals surface area contributed by atoms with Crippen LogP contribution in [0.15, 0.2) is 24.4 Å². The largest absolute Gasteiger partial charge is 0.341 e. The van der Waals surface area contributed by atoms with Crippen molar-refractivity contribution in [2.24, 2.45) is 5.92 Å². The molecule has 2 aromatic rings. The lowest BCUT2D eigenvalue weighted by Gasteiger charge is -2.15. The number of nitrogens with zero attached hydrogens (tertiary/aromatic N) is 2. The molecule has 2 heterocycles. The lowest BCUT2D eigenvalue weighted by atomic mass is 10.1. The summed E-state index contributed by atoms with van der Waals surface area (Å²) in [5, 5.41) is 8.13. The summed E-state index contributed by atoms with van der Waals surface area (Å²) in [7, 11) is 0. The van der Waals surface area contributed by atoms with Gasteiger partial charge in [0.1, 0.15) is 0 Å². The number of aromatic nitrogens is 2. The summed E-state index contributed by atoms with van der Waals surface area (Å²) in [6.45, 7) is 1.41. The first-order chi connectivity index (χ1) is 9.28. The van der Waals surface area contributed by atoms with Crippen molar-refractivity contribution in [3.05, 3.63) is 30.0 Å². The van der Waals surface area contributed by atoms with Crippen LogP contribution in [0.5, 0.6) is 0 Å². The molecule has 1 aromatic carbocycles. The van der Waals surface area contributed by atoms with Crippen molar-refractivity contribution in [3.63, 3.8) is 0 Å². The summed E-state index contributed by atoms with van der Waals surface area (Å²) >= 11 is 0. The van der Waals surface area contributed by atoms with E-state index in [0.29, 0.717) is 13.0 Å². The number of likely N-dealkylation sites (tertiary alicyclic amines) is 1. The first-order valence-corrected chi connectivity index (χ1v) is 6.43. The molecule has 1 unspecified atom stereocenters. The lowest BCUT2D eigenvalue weighted by Crippen LogP contribution is -2.27. The van der Waals surface area contributed by atoms with E-state index in [1.165, 1.54) is 5.56 Å². The average Bonchev–Trinajstić information content (AvgIpc) is 3.02. The molecule has 0 aliphatic carbocycles. The van der Waals surface area contributed by atoms with Crippen LogP contribution in [0.1, 0.15) is 12.0 Å². The molecule has 0 saturated carbocycles. The Hall–Kier alpha value is -2.28. The first kappa shape index (κ1) is 11.8. The fourth-order valence-electron chi connectivity index (χ4n) is 2.60. The number of benzene rings is 1. The second-order valence-corrected chi connectivity index (χ2v) is 4.91. The first-order valence-electron chi connectivity index (χ1n) is 6.43. The van der Waals surface area contributed by atoms with Gasteiger partial charge in [-0.2, -0.15) is 5.10 Å². The van der Waals surface area contributed by atoms with Crippen LogP contribution in [-0.4, -0.2) is 34.1 Å². The Kier molecular flexibility index (Phi) is 2.96. The van der Waals surface area contributed by atoms with Crippen molar-refractivity contribution in [2.45, 2.75) is 12.8 Å². The number of hydrogen-bond donors (Lipinski definition) is 1. The molecule has 1 fully saturated rings. The van der Waals surface area contributed by atoms with Gasteiger partial charge in [-0.1, -0.05) is 12.1 Å². The zero-order chi connectivity index (χ0) is 13.2. The highest BCUT2D eigenvalue weighted by atomic mass is 16.2. The molecule has 19 heavy (non-hydrogen) atoms. The van der Waals surface area contributed by atoms with E-state index in [-0.39, 0.29) is 11.8 Å². The molecule has 4 nitrogen and oxygen atoms in total. The topological polar surface area (TPSA) is 49.0 Å². The maximum atomic E-state index is 11.8. The van der Waals surface area contributed by atoms with Crippen LogP contribution >= 0.6 is 0 Å². The fourth-order valence-corrected chi connectivity index (χ4v) is 2.60. The van der Waals surface area contributed by atoms with Crippen molar-refractivity contribution in [2.75, 3.05) is 13.1 Å². The molecule has 1 amide bonds. The molecule has 96 valence electrons. The number of nitrogens with one attached hydrogen (secondary N) is 1. The number of carbonyl (C=O) groups is 1. The molecular formula is C15H15N3O. The maximum absolute atomic E-state index is 11.8. The van der Waals surface area contributed by atoms with Gasteiger partial charge in [-0.3, -0.25) is 9.89 Å². The smallest absolute Gasteiger partial charge is 0.223 e. The fraction of sp³-hybridized carbons (Fsp3) is 0.333. The van der Waals surface area contributed by atoms with E-state index in [1.807, 2.05) is 23.2 Å². The Labute approximate surface area is 111 Å². The summed E-state index contributed by atoms with van der Waals surface area (Å²) in [6, 6.07) is 6.09. The minimum Gasteiger partial charge on any atom is -0.341 e. The van der Waals surface area contributed by atoms with E-state index in [2.05, 4.69) is 22.2 Å². The maximum Gasteiger partial charge on any atom is 0.223 e. The summed E-state index contributed by atoms with van der Waals surface area (Å²) in [6.07, 6.45) is 8.54. The third-order valence-electron chi connectivity index (χ3n) is 3.68. The van der Waals surface area contributed by atoms with Crippen LogP contribution in [0.4, 0.5) is 0 Å². The molecule has 1 aromatic heterocycles. The predicted molar refractivity (Wildman–Crippen MR) is 73.3 cm³/mol. The second kappa shape index (κ2) is 4.77. The van der Waals surface area contributed by atoms with Crippen molar-refractivity contribution >= 4 is 16.8 Å². The Morgan fingerprint density at radius 1 is 1.53 bits per heavy atom. The van der Waals surface area contributed by atoms with E-state index in [9.17, 15) is 4.79 Å². The molecule has 4 heteroatoms. The molecule has 0 radical (unpaired) electrons. The summed E-state index contributed by atoms with van der Waals surface area (Å²) in [5.74, 6) is 2.92. The molecule has 0 spiro atoms. The summed E-state index contributed by atoms with van der Waals surface area (Å²) in [5.41, 5.74) is 2.25. The van der Waals surface area contributed by atoms with Gasteiger partial charge in [0.2, 0.25) is 5.91 Å². The highest BCUT2D eigenvalue weighted by Crippen LogP contribution is 2.20. The minimum atomic E-state index is 0.0808. The zero-order valence-corrected chi connectivity index (χ0v) is 10.6. The zero-order valence-electron chi connectivity index (χ0n) is 10.6. The SMILES string of the molecule is C#CC1CC(=O)N(CCc2cccc3[nH]ncc23)C1. The number of terminal acetylenes is 1. The van der Waals surface area contributed by atoms with Crippen molar-refractivity contribution < 1.29 is 4.79 Å². The highest BCUT2D eigenvalue weighted by molar-refractivity contribution is 5.82. The van der Waals surface area contributed by atoms with Crippen LogP contribution in [0, 0.1) is 18.3 Å². The predicted octanol–water partition coefficient (Wildman–Crippen LogP) is 1.59. The van der Waals surface area contributed by atoms with Gasteiger partial charge >= 0.3 is 0 Å². The quantitative estimate of drug-likeness (QED) is 0.844. The van der Waals surface area contributed by atoms with E-state index in [4.69, 9.17) is 6.42 Å². The van der Waals surface area contributed by atoms with Gasteiger partial charge in [-0.15, -0.1) is 12.3 Å². The number of hydrogen-bond acceptors (Lipinski definition) is 2. The molecule has 1 N–H and O–H groups in total. The van der Waals surface area contributed by atoms with Crippen LogP contribution in [-0.2, 0) is 11.2 Å². The van der Waals surface area contributed by atoms with Crippen molar-refractivity contribution in [1.82, 2.24) is 15.1 Å². The lowest BCUT2D eigenvalue weighted by molar-refractivity contribution is -0.127. The standard InChI is InChI=1S/C15H15N3O/c1-2-11-8-15(19)18(10-11)7-6-12-4-3-5-14-13(12)9-16-17-14/h1,3-5,9,11H,6-8,10H2,(H,16,17). The number of aromatic amines is 1. The van der Waals surface area contributed by atoms with Crippen LogP contribution < -0.4 is 0 Å². The Morgan fingerprint density at radius 2 is 2.42 bits per heavy atom. The molecular weight excluding hydrogens is 238 g/mol. The van der Waals surface area contributed by atoms with Crippen LogP contribution in [0.25, 0.3) is 10.9 Å². The Balaban J connectivity index is 1.72. The third-order valence-corrected chi connectivity index (χ3v) is 3.68. The number of H-pyrrole nitrogens is 1. The second-order valence-electron chi connectivity index (χ2n) is 4.91. The van der Waals surface area contributed by atoms with Crippen LogP contribution in [0.2, 0.25) is 0 Å². The summed E-state index contributed by atoms with van der Waals surface area (Å²) in [4.78, 5) is 13.7. The summed E-state index contributed by atoms with van der Waals surface area (Å²) < 4.78 is 0. The van der Waals surface area contributed by atoms with Gasteiger partial charge in [0, 0.05) is 30.8 Å². The number of amides is 1. The number of carbonyl (C=O) groups excluding carboxylic acids is 1. The van der Waals surface area contributed by atoms with E-state index in [0.717, 1.165) is 23.9 Å².